The number of amides is 1. The number of para-hydroxylation sites is 1. The Kier molecular flexibility index (Phi) is 4.59. The zero-order valence-corrected chi connectivity index (χ0v) is 10.8. The van der Waals surface area contributed by atoms with Gasteiger partial charge in [0.05, 0.1) is 19.8 Å². The smallest absolute Gasteiger partial charge is 0.242 e. The SMILES string of the molecule is CCc1ccccc1NCC(=O)N1CCOCC1. The van der Waals surface area contributed by atoms with Crippen LogP contribution in [0, 0.1) is 0 Å². The molecule has 2 rings (SSSR count). The van der Waals surface area contributed by atoms with E-state index < -0.39 is 0 Å². The third-order valence-electron chi connectivity index (χ3n) is 3.19. The van der Waals surface area contributed by atoms with Crippen LogP contribution in [0.5, 0.6) is 0 Å². The number of ether oxygens (including phenoxy) is 1. The summed E-state index contributed by atoms with van der Waals surface area (Å²) in [4.78, 5) is 13.8. The fourth-order valence-corrected chi connectivity index (χ4v) is 2.10. The Hall–Kier alpha value is -1.55. The van der Waals surface area contributed by atoms with Crippen LogP contribution in [0.2, 0.25) is 0 Å². The second kappa shape index (κ2) is 6.40. The van der Waals surface area contributed by atoms with Gasteiger partial charge in [-0.3, -0.25) is 4.79 Å². The number of hydrogen-bond acceptors (Lipinski definition) is 3. The second-order valence-corrected chi connectivity index (χ2v) is 4.36. The Bertz CT molecular complexity index is 401. The molecule has 0 radical (unpaired) electrons. The van der Waals surface area contributed by atoms with Gasteiger partial charge in [-0.2, -0.15) is 0 Å². The van der Waals surface area contributed by atoms with E-state index in [0.717, 1.165) is 12.1 Å². The van der Waals surface area contributed by atoms with Crippen molar-refractivity contribution in [2.75, 3.05) is 38.2 Å². The third-order valence-corrected chi connectivity index (χ3v) is 3.19. The van der Waals surface area contributed by atoms with Crippen molar-refractivity contribution < 1.29 is 9.53 Å². The van der Waals surface area contributed by atoms with E-state index in [1.54, 1.807) is 0 Å². The Labute approximate surface area is 108 Å². The fraction of sp³-hybridized carbons (Fsp3) is 0.500. The maximum atomic E-state index is 12.0. The van der Waals surface area contributed by atoms with Crippen LogP contribution in [0.3, 0.4) is 0 Å². The van der Waals surface area contributed by atoms with Gasteiger partial charge in [-0.05, 0) is 18.1 Å². The Morgan fingerprint density at radius 1 is 1.33 bits per heavy atom. The molecule has 0 aliphatic carbocycles. The Balaban J connectivity index is 1.88. The molecule has 1 aliphatic heterocycles. The summed E-state index contributed by atoms with van der Waals surface area (Å²) in [5.41, 5.74) is 2.30. The number of benzene rings is 1. The van der Waals surface area contributed by atoms with E-state index in [1.165, 1.54) is 5.56 Å². The largest absolute Gasteiger partial charge is 0.378 e. The lowest BCUT2D eigenvalue weighted by Gasteiger charge is -2.27. The van der Waals surface area contributed by atoms with Crippen molar-refractivity contribution in [2.24, 2.45) is 0 Å². The molecule has 4 heteroatoms. The summed E-state index contributed by atoms with van der Waals surface area (Å²) in [6.45, 7) is 5.18. The number of carbonyl (C=O) groups excluding carboxylic acids is 1. The second-order valence-electron chi connectivity index (χ2n) is 4.36. The van der Waals surface area contributed by atoms with Gasteiger partial charge < -0.3 is 15.0 Å². The van der Waals surface area contributed by atoms with Crippen LogP contribution in [-0.4, -0.2) is 43.7 Å². The molecule has 1 saturated heterocycles. The van der Waals surface area contributed by atoms with Gasteiger partial charge in [0.15, 0.2) is 0 Å². The first-order valence-electron chi connectivity index (χ1n) is 6.48. The lowest BCUT2D eigenvalue weighted by Crippen LogP contribution is -2.43. The Morgan fingerprint density at radius 3 is 2.78 bits per heavy atom. The van der Waals surface area contributed by atoms with Crippen LogP contribution in [0.1, 0.15) is 12.5 Å². The predicted octanol–water partition coefficient (Wildman–Crippen LogP) is 1.52. The fourth-order valence-electron chi connectivity index (χ4n) is 2.10. The molecule has 0 saturated carbocycles. The van der Waals surface area contributed by atoms with Crippen molar-refractivity contribution >= 4 is 11.6 Å². The summed E-state index contributed by atoms with van der Waals surface area (Å²) >= 11 is 0. The van der Waals surface area contributed by atoms with Crippen LogP contribution >= 0.6 is 0 Å². The standard InChI is InChI=1S/C14H20N2O2/c1-2-12-5-3-4-6-13(12)15-11-14(17)16-7-9-18-10-8-16/h3-6,15H,2,7-11H2,1H3. The van der Waals surface area contributed by atoms with Gasteiger partial charge in [0, 0.05) is 18.8 Å². The predicted molar refractivity (Wildman–Crippen MR) is 71.7 cm³/mol. The summed E-state index contributed by atoms with van der Waals surface area (Å²) in [7, 11) is 0. The number of rotatable bonds is 4. The zero-order chi connectivity index (χ0) is 12.8. The zero-order valence-electron chi connectivity index (χ0n) is 10.8. The summed E-state index contributed by atoms with van der Waals surface area (Å²) in [6, 6.07) is 8.11. The highest BCUT2D eigenvalue weighted by Gasteiger charge is 2.16. The first-order chi connectivity index (χ1) is 8.81. The molecule has 1 aromatic carbocycles. The topological polar surface area (TPSA) is 41.6 Å². The first kappa shape index (κ1) is 12.9. The number of anilines is 1. The molecule has 98 valence electrons. The lowest BCUT2D eigenvalue weighted by molar-refractivity contribution is -0.133. The van der Waals surface area contributed by atoms with E-state index in [4.69, 9.17) is 4.74 Å². The molecular weight excluding hydrogens is 228 g/mol. The van der Waals surface area contributed by atoms with Gasteiger partial charge in [-0.1, -0.05) is 25.1 Å². The van der Waals surface area contributed by atoms with Crippen LogP contribution in [-0.2, 0) is 16.0 Å². The van der Waals surface area contributed by atoms with Crippen LogP contribution in [0.4, 0.5) is 5.69 Å². The van der Waals surface area contributed by atoms with Crippen LogP contribution < -0.4 is 5.32 Å². The molecule has 0 atom stereocenters. The van der Waals surface area contributed by atoms with E-state index in [-0.39, 0.29) is 5.91 Å². The number of nitrogens with zero attached hydrogens (tertiary/aromatic N) is 1. The third kappa shape index (κ3) is 3.23. The average Bonchev–Trinajstić information content (AvgIpc) is 2.46. The molecule has 0 bridgehead atoms. The molecule has 0 unspecified atom stereocenters. The molecule has 18 heavy (non-hydrogen) atoms. The molecule has 1 N–H and O–H groups in total. The molecule has 0 spiro atoms. The van der Waals surface area contributed by atoms with E-state index in [0.29, 0.717) is 32.8 Å². The molecule has 4 nitrogen and oxygen atoms in total. The number of aryl methyl sites for hydroxylation is 1. The quantitative estimate of drug-likeness (QED) is 0.878. The van der Waals surface area contributed by atoms with E-state index in [2.05, 4.69) is 18.3 Å². The van der Waals surface area contributed by atoms with E-state index in [9.17, 15) is 4.79 Å². The van der Waals surface area contributed by atoms with E-state index in [1.807, 2.05) is 23.1 Å². The summed E-state index contributed by atoms with van der Waals surface area (Å²) in [6.07, 6.45) is 0.967. The minimum Gasteiger partial charge on any atom is -0.378 e. The lowest BCUT2D eigenvalue weighted by atomic mass is 10.1. The number of hydrogen-bond donors (Lipinski definition) is 1. The summed E-state index contributed by atoms with van der Waals surface area (Å²) < 4.78 is 5.23. The molecule has 1 amide bonds. The summed E-state index contributed by atoms with van der Waals surface area (Å²) in [5, 5.41) is 3.23. The highest BCUT2D eigenvalue weighted by Crippen LogP contribution is 2.15. The highest BCUT2D eigenvalue weighted by atomic mass is 16.5. The van der Waals surface area contributed by atoms with Gasteiger partial charge in [0.1, 0.15) is 0 Å². The number of morpholine rings is 1. The molecule has 0 aromatic heterocycles. The van der Waals surface area contributed by atoms with Gasteiger partial charge in [-0.25, -0.2) is 0 Å². The van der Waals surface area contributed by atoms with Gasteiger partial charge >= 0.3 is 0 Å². The molecule has 1 aromatic rings. The normalized spacial score (nSPS) is 15.5. The minimum atomic E-state index is 0.143. The van der Waals surface area contributed by atoms with Crippen molar-refractivity contribution in [3.8, 4) is 0 Å². The van der Waals surface area contributed by atoms with Gasteiger partial charge in [0.25, 0.3) is 0 Å². The van der Waals surface area contributed by atoms with Crippen molar-refractivity contribution in [3.05, 3.63) is 29.8 Å². The number of carbonyl (C=O) groups is 1. The van der Waals surface area contributed by atoms with Gasteiger partial charge in [-0.15, -0.1) is 0 Å². The molecule has 1 fully saturated rings. The van der Waals surface area contributed by atoms with E-state index >= 15 is 0 Å². The molecule has 1 heterocycles. The summed E-state index contributed by atoms with van der Waals surface area (Å²) in [5.74, 6) is 0.143. The first-order valence-corrected chi connectivity index (χ1v) is 6.48. The number of nitrogens with one attached hydrogen (secondary N) is 1. The molecular formula is C14H20N2O2. The average molecular weight is 248 g/mol. The monoisotopic (exact) mass is 248 g/mol. The molecule has 1 aliphatic rings. The van der Waals surface area contributed by atoms with Gasteiger partial charge in [0.2, 0.25) is 5.91 Å². The highest BCUT2D eigenvalue weighted by molar-refractivity contribution is 5.81. The minimum absolute atomic E-state index is 0.143. The van der Waals surface area contributed by atoms with Crippen molar-refractivity contribution in [1.82, 2.24) is 4.90 Å². The van der Waals surface area contributed by atoms with Crippen molar-refractivity contribution in [1.29, 1.82) is 0 Å². The van der Waals surface area contributed by atoms with Crippen molar-refractivity contribution in [3.63, 3.8) is 0 Å². The Morgan fingerprint density at radius 2 is 2.06 bits per heavy atom. The van der Waals surface area contributed by atoms with Crippen molar-refractivity contribution in [2.45, 2.75) is 13.3 Å². The maximum Gasteiger partial charge on any atom is 0.242 e. The maximum absolute atomic E-state index is 12.0. The van der Waals surface area contributed by atoms with Crippen LogP contribution in [0.15, 0.2) is 24.3 Å². The van der Waals surface area contributed by atoms with Crippen LogP contribution in [0.25, 0.3) is 0 Å².